The maximum absolute atomic E-state index is 13.8. The van der Waals surface area contributed by atoms with Crippen LogP contribution >= 0.6 is 0 Å². The number of hydrogen-bond acceptors (Lipinski definition) is 3. The number of allylic oxidation sites excluding steroid dienone is 2. The maximum atomic E-state index is 13.8. The molecule has 2 N–H and O–H groups in total. The van der Waals surface area contributed by atoms with Crippen LogP contribution in [0.1, 0.15) is 36.5 Å². The summed E-state index contributed by atoms with van der Waals surface area (Å²) in [6.45, 7) is 2.73. The van der Waals surface area contributed by atoms with Crippen molar-refractivity contribution >= 4 is 5.97 Å². The molecule has 3 atom stereocenters. The highest BCUT2D eigenvalue weighted by molar-refractivity contribution is 5.79. The van der Waals surface area contributed by atoms with Crippen LogP contribution in [-0.4, -0.2) is 17.1 Å². The van der Waals surface area contributed by atoms with Crippen LogP contribution in [0.25, 0.3) is 0 Å². The molecule has 0 bridgehead atoms. The number of carboxylic acids is 1. The lowest BCUT2D eigenvalue weighted by Gasteiger charge is -2.45. The Bertz CT molecular complexity index is 1140. The molecular formula is C23H19F5N2O2. The molecule has 0 aromatic heterocycles. The molecule has 0 saturated heterocycles. The average Bonchev–Trinajstić information content (AvgIpc) is 2.70. The zero-order chi connectivity index (χ0) is 23.8. The quantitative estimate of drug-likeness (QED) is 0.631. The van der Waals surface area contributed by atoms with Crippen LogP contribution in [-0.2, 0) is 17.4 Å². The highest BCUT2D eigenvalue weighted by atomic mass is 19.4. The molecule has 168 valence electrons. The Morgan fingerprint density at radius 1 is 1.19 bits per heavy atom. The molecule has 0 spiro atoms. The molecule has 0 aliphatic carbocycles. The zero-order valence-electron chi connectivity index (χ0n) is 17.1. The normalized spacial score (nSPS) is 23.4. The first-order valence-electron chi connectivity index (χ1n) is 9.63. The Balaban J connectivity index is 2.30. The van der Waals surface area contributed by atoms with Crippen LogP contribution in [0.5, 0.6) is 0 Å². The van der Waals surface area contributed by atoms with Gasteiger partial charge in [-0.25, -0.2) is 8.78 Å². The Morgan fingerprint density at radius 3 is 2.41 bits per heavy atom. The van der Waals surface area contributed by atoms with Gasteiger partial charge in [-0.05, 0) is 49.2 Å². The fourth-order valence-corrected chi connectivity index (χ4v) is 4.16. The predicted octanol–water partition coefficient (Wildman–Crippen LogP) is 5.17. The molecule has 2 aromatic rings. The monoisotopic (exact) mass is 450 g/mol. The van der Waals surface area contributed by atoms with Crippen LogP contribution in [0, 0.1) is 28.4 Å². The molecule has 2 aromatic carbocycles. The van der Waals surface area contributed by atoms with Gasteiger partial charge in [0.05, 0.1) is 22.6 Å². The standard InChI is InChI=1S/C23H19F5N2O2/c1-12-22(2,21(31)32)20(16-7-6-15(25)10-18(16)23(26,27)28)17(11-29)19(30-12)9-13-4-3-5-14(24)8-13/h3-8,10,12,20,30H,9H2,1-2H3,(H,31,32). The number of rotatable bonds is 4. The first kappa shape index (κ1) is 23.3. The molecule has 0 radical (unpaired) electrons. The van der Waals surface area contributed by atoms with Gasteiger partial charge in [0, 0.05) is 24.1 Å². The van der Waals surface area contributed by atoms with Crippen molar-refractivity contribution in [2.24, 2.45) is 5.41 Å². The van der Waals surface area contributed by atoms with Crippen LogP contribution in [0.3, 0.4) is 0 Å². The zero-order valence-corrected chi connectivity index (χ0v) is 17.1. The average molecular weight is 450 g/mol. The maximum Gasteiger partial charge on any atom is 0.416 e. The van der Waals surface area contributed by atoms with Crippen LogP contribution in [0.15, 0.2) is 53.7 Å². The van der Waals surface area contributed by atoms with Gasteiger partial charge in [0.1, 0.15) is 11.6 Å². The minimum Gasteiger partial charge on any atom is -0.481 e. The van der Waals surface area contributed by atoms with E-state index >= 15 is 0 Å². The molecule has 9 heteroatoms. The number of halogens is 5. The molecule has 1 heterocycles. The van der Waals surface area contributed by atoms with Crippen molar-refractivity contribution in [2.75, 3.05) is 0 Å². The summed E-state index contributed by atoms with van der Waals surface area (Å²) in [5.41, 5.74) is -3.32. The molecule has 0 fully saturated rings. The summed E-state index contributed by atoms with van der Waals surface area (Å²) in [7, 11) is 0. The van der Waals surface area contributed by atoms with E-state index in [0.29, 0.717) is 11.6 Å². The highest BCUT2D eigenvalue weighted by Gasteiger charge is 2.54. The summed E-state index contributed by atoms with van der Waals surface area (Å²) in [4.78, 5) is 12.3. The van der Waals surface area contributed by atoms with Gasteiger partial charge in [-0.15, -0.1) is 0 Å². The van der Waals surface area contributed by atoms with E-state index in [1.54, 1.807) is 6.07 Å². The SMILES string of the molecule is CC1NC(Cc2cccc(F)c2)=C(C#N)C(c2ccc(F)cc2C(F)(F)F)C1(C)C(=O)O. The summed E-state index contributed by atoms with van der Waals surface area (Å²) in [6, 6.07) is 8.40. The van der Waals surface area contributed by atoms with Crippen LogP contribution in [0.2, 0.25) is 0 Å². The second-order valence-corrected chi connectivity index (χ2v) is 7.93. The van der Waals surface area contributed by atoms with Gasteiger partial charge in [0.15, 0.2) is 0 Å². The number of nitrogens with one attached hydrogen (secondary N) is 1. The van der Waals surface area contributed by atoms with E-state index in [-0.39, 0.29) is 17.7 Å². The topological polar surface area (TPSA) is 73.1 Å². The van der Waals surface area contributed by atoms with Crippen molar-refractivity contribution in [3.05, 3.63) is 82.1 Å². The van der Waals surface area contributed by atoms with Crippen molar-refractivity contribution in [1.29, 1.82) is 5.26 Å². The van der Waals surface area contributed by atoms with E-state index in [2.05, 4.69) is 5.32 Å². The van der Waals surface area contributed by atoms with Gasteiger partial charge >= 0.3 is 12.1 Å². The summed E-state index contributed by atoms with van der Waals surface area (Å²) < 4.78 is 68.7. The van der Waals surface area contributed by atoms with E-state index < -0.39 is 52.3 Å². The molecule has 3 rings (SSSR count). The lowest BCUT2D eigenvalue weighted by molar-refractivity contribution is -0.152. The number of carboxylic acid groups (broad SMARTS) is 1. The number of carbonyl (C=O) groups is 1. The largest absolute Gasteiger partial charge is 0.481 e. The first-order valence-corrected chi connectivity index (χ1v) is 9.63. The predicted molar refractivity (Wildman–Crippen MR) is 105 cm³/mol. The molecule has 1 aliphatic rings. The lowest BCUT2D eigenvalue weighted by atomic mass is 9.62. The van der Waals surface area contributed by atoms with Crippen LogP contribution in [0.4, 0.5) is 22.0 Å². The van der Waals surface area contributed by atoms with Crippen molar-refractivity contribution in [3.63, 3.8) is 0 Å². The van der Waals surface area contributed by atoms with Crippen molar-refractivity contribution in [2.45, 2.75) is 38.4 Å². The summed E-state index contributed by atoms with van der Waals surface area (Å²) in [6.07, 6.45) is -5.01. The third kappa shape index (κ3) is 4.05. The third-order valence-corrected chi connectivity index (χ3v) is 5.99. The molecule has 4 nitrogen and oxygen atoms in total. The Kier molecular flexibility index (Phi) is 6.00. The highest BCUT2D eigenvalue weighted by Crippen LogP contribution is 2.51. The molecular weight excluding hydrogens is 431 g/mol. The summed E-state index contributed by atoms with van der Waals surface area (Å²) in [5.74, 6) is -4.61. The van der Waals surface area contributed by atoms with Gasteiger partial charge in [0.25, 0.3) is 0 Å². The van der Waals surface area contributed by atoms with Crippen LogP contribution < -0.4 is 5.32 Å². The van der Waals surface area contributed by atoms with E-state index in [1.807, 2.05) is 6.07 Å². The van der Waals surface area contributed by atoms with Gasteiger partial charge in [-0.1, -0.05) is 18.2 Å². The third-order valence-electron chi connectivity index (χ3n) is 5.99. The van der Waals surface area contributed by atoms with Crippen molar-refractivity contribution in [3.8, 4) is 6.07 Å². The van der Waals surface area contributed by atoms with Gasteiger partial charge in [-0.2, -0.15) is 18.4 Å². The number of alkyl halides is 3. The molecule has 0 saturated carbocycles. The Labute approximate surface area is 181 Å². The minimum atomic E-state index is -4.98. The number of aliphatic carboxylic acids is 1. The number of nitrogens with zero attached hydrogens (tertiary/aromatic N) is 1. The molecule has 32 heavy (non-hydrogen) atoms. The van der Waals surface area contributed by atoms with Gasteiger partial charge < -0.3 is 10.4 Å². The Morgan fingerprint density at radius 2 is 1.84 bits per heavy atom. The van der Waals surface area contributed by atoms with Gasteiger partial charge in [-0.3, -0.25) is 4.79 Å². The minimum absolute atomic E-state index is 0.0280. The summed E-state index contributed by atoms with van der Waals surface area (Å²) in [5, 5.41) is 22.8. The number of benzene rings is 2. The van der Waals surface area contributed by atoms with E-state index in [0.717, 1.165) is 12.1 Å². The summed E-state index contributed by atoms with van der Waals surface area (Å²) >= 11 is 0. The second kappa shape index (κ2) is 8.26. The number of hydrogen-bond donors (Lipinski definition) is 2. The first-order chi connectivity index (χ1) is 14.9. The van der Waals surface area contributed by atoms with E-state index in [4.69, 9.17) is 0 Å². The number of nitriles is 1. The smallest absolute Gasteiger partial charge is 0.416 e. The fraction of sp³-hybridized carbons (Fsp3) is 0.304. The lowest BCUT2D eigenvalue weighted by Crippen LogP contribution is -2.54. The molecule has 1 aliphatic heterocycles. The van der Waals surface area contributed by atoms with Crippen molar-refractivity contribution < 1.29 is 31.9 Å². The van der Waals surface area contributed by atoms with Gasteiger partial charge in [0.2, 0.25) is 0 Å². The molecule has 0 amide bonds. The van der Waals surface area contributed by atoms with E-state index in [9.17, 15) is 37.1 Å². The van der Waals surface area contributed by atoms with E-state index in [1.165, 1.54) is 32.0 Å². The van der Waals surface area contributed by atoms with Crippen molar-refractivity contribution in [1.82, 2.24) is 5.32 Å². The second-order valence-electron chi connectivity index (χ2n) is 7.93. The fourth-order valence-electron chi connectivity index (χ4n) is 4.16. The Hall–Kier alpha value is -3.41. The molecule has 3 unspecified atom stereocenters.